The highest BCUT2D eigenvalue weighted by atomic mass is 19.2. The Bertz CT molecular complexity index is 471. The lowest BCUT2D eigenvalue weighted by atomic mass is 9.82. The van der Waals surface area contributed by atoms with E-state index in [1.807, 2.05) is 6.92 Å². The Kier molecular flexibility index (Phi) is 3.63. The second-order valence-electron chi connectivity index (χ2n) is 5.16. The number of benzene rings is 1. The molecule has 18 heavy (non-hydrogen) atoms. The quantitative estimate of drug-likeness (QED) is 0.806. The molecule has 0 amide bonds. The van der Waals surface area contributed by atoms with E-state index in [1.165, 1.54) is 6.07 Å². The van der Waals surface area contributed by atoms with Crippen molar-refractivity contribution in [3.63, 3.8) is 0 Å². The lowest BCUT2D eigenvalue weighted by Crippen LogP contribution is -2.37. The molecule has 1 saturated heterocycles. The van der Waals surface area contributed by atoms with Crippen LogP contribution in [-0.2, 0) is 6.54 Å². The molecule has 1 heterocycles. The molecule has 1 aliphatic heterocycles. The molecule has 96 valence electrons. The summed E-state index contributed by atoms with van der Waals surface area (Å²) >= 11 is 0. The Balaban J connectivity index is 2.00. The van der Waals surface area contributed by atoms with Gasteiger partial charge in [0, 0.05) is 12.1 Å². The van der Waals surface area contributed by atoms with Gasteiger partial charge >= 0.3 is 0 Å². The van der Waals surface area contributed by atoms with E-state index >= 15 is 0 Å². The predicted molar refractivity (Wildman–Crippen MR) is 64.6 cm³/mol. The number of hydrogen-bond acceptors (Lipinski definition) is 2. The number of nitriles is 1. The largest absolute Gasteiger partial charge is 0.299 e. The van der Waals surface area contributed by atoms with Gasteiger partial charge < -0.3 is 0 Å². The molecule has 0 atom stereocenters. The van der Waals surface area contributed by atoms with Crippen LogP contribution < -0.4 is 0 Å². The average molecular weight is 250 g/mol. The summed E-state index contributed by atoms with van der Waals surface area (Å²) in [5.41, 5.74) is 0.118. The van der Waals surface area contributed by atoms with Crippen LogP contribution in [0.4, 0.5) is 8.78 Å². The first-order valence-corrected chi connectivity index (χ1v) is 6.10. The number of halogens is 2. The highest BCUT2D eigenvalue weighted by molar-refractivity contribution is 5.19. The Hall–Kier alpha value is -1.47. The van der Waals surface area contributed by atoms with E-state index in [0.29, 0.717) is 12.1 Å². The lowest BCUT2D eigenvalue weighted by Gasteiger charge is -2.34. The number of nitrogens with zero attached hydrogens (tertiary/aromatic N) is 2. The van der Waals surface area contributed by atoms with Crippen molar-refractivity contribution in [2.45, 2.75) is 26.3 Å². The van der Waals surface area contributed by atoms with Crippen molar-refractivity contribution in [1.82, 2.24) is 4.90 Å². The van der Waals surface area contributed by atoms with Gasteiger partial charge in [-0.25, -0.2) is 8.78 Å². The number of hydrogen-bond donors (Lipinski definition) is 0. The van der Waals surface area contributed by atoms with Crippen LogP contribution in [0.3, 0.4) is 0 Å². The van der Waals surface area contributed by atoms with Crippen molar-refractivity contribution in [3.05, 3.63) is 35.4 Å². The molecule has 2 rings (SSSR count). The second kappa shape index (κ2) is 5.03. The van der Waals surface area contributed by atoms with Crippen LogP contribution in [0, 0.1) is 28.4 Å². The fourth-order valence-corrected chi connectivity index (χ4v) is 2.23. The van der Waals surface area contributed by atoms with Gasteiger partial charge in [0.05, 0.1) is 11.5 Å². The van der Waals surface area contributed by atoms with Crippen molar-refractivity contribution in [3.8, 4) is 6.07 Å². The van der Waals surface area contributed by atoms with Crippen LogP contribution >= 0.6 is 0 Å². The molecule has 0 aliphatic carbocycles. The van der Waals surface area contributed by atoms with Crippen LogP contribution in [0.15, 0.2) is 18.2 Å². The van der Waals surface area contributed by atoms with Crippen molar-refractivity contribution < 1.29 is 8.78 Å². The van der Waals surface area contributed by atoms with E-state index in [9.17, 15) is 8.78 Å². The Morgan fingerprint density at radius 3 is 2.61 bits per heavy atom. The zero-order chi connectivity index (χ0) is 13.2. The van der Waals surface area contributed by atoms with Crippen molar-refractivity contribution in [2.24, 2.45) is 5.41 Å². The van der Waals surface area contributed by atoms with Gasteiger partial charge in [0.25, 0.3) is 0 Å². The third-order valence-electron chi connectivity index (χ3n) is 3.66. The maximum atomic E-state index is 13.5. The zero-order valence-corrected chi connectivity index (χ0v) is 10.4. The smallest absolute Gasteiger partial charge is 0.163 e. The third kappa shape index (κ3) is 2.68. The van der Waals surface area contributed by atoms with Gasteiger partial charge in [-0.1, -0.05) is 12.1 Å². The first-order valence-electron chi connectivity index (χ1n) is 6.10. The predicted octanol–water partition coefficient (Wildman–Crippen LogP) is 3.09. The molecule has 1 aliphatic rings. The maximum Gasteiger partial charge on any atom is 0.163 e. The molecule has 4 heteroatoms. The van der Waals surface area contributed by atoms with Crippen LogP contribution in [0.2, 0.25) is 0 Å². The lowest BCUT2D eigenvalue weighted by molar-refractivity contribution is 0.149. The van der Waals surface area contributed by atoms with E-state index in [4.69, 9.17) is 5.26 Å². The van der Waals surface area contributed by atoms with Crippen LogP contribution in [0.5, 0.6) is 0 Å². The second-order valence-corrected chi connectivity index (χ2v) is 5.16. The monoisotopic (exact) mass is 250 g/mol. The maximum absolute atomic E-state index is 13.5. The molecule has 0 aromatic heterocycles. The van der Waals surface area contributed by atoms with Gasteiger partial charge in [-0.2, -0.15) is 5.26 Å². The van der Waals surface area contributed by atoms with Crippen molar-refractivity contribution >= 4 is 0 Å². The van der Waals surface area contributed by atoms with Gasteiger partial charge in [-0.15, -0.1) is 0 Å². The van der Waals surface area contributed by atoms with E-state index in [-0.39, 0.29) is 5.41 Å². The van der Waals surface area contributed by atoms with Gasteiger partial charge in [-0.05, 0) is 38.9 Å². The summed E-state index contributed by atoms with van der Waals surface area (Å²) in [7, 11) is 0. The molecule has 0 radical (unpaired) electrons. The normalized spacial score (nSPS) is 19.4. The van der Waals surface area contributed by atoms with Gasteiger partial charge in [0.15, 0.2) is 11.6 Å². The topological polar surface area (TPSA) is 27.0 Å². The first kappa shape index (κ1) is 13.0. The summed E-state index contributed by atoms with van der Waals surface area (Å²) in [4.78, 5) is 2.07. The Morgan fingerprint density at radius 1 is 1.33 bits per heavy atom. The van der Waals surface area contributed by atoms with E-state index in [2.05, 4.69) is 11.0 Å². The van der Waals surface area contributed by atoms with Gasteiger partial charge in [0.2, 0.25) is 0 Å². The van der Waals surface area contributed by atoms with E-state index in [1.54, 1.807) is 6.07 Å². The summed E-state index contributed by atoms with van der Waals surface area (Å²) in [5, 5.41) is 9.03. The van der Waals surface area contributed by atoms with E-state index in [0.717, 1.165) is 32.0 Å². The first-order chi connectivity index (χ1) is 8.54. The molecule has 1 fully saturated rings. The fraction of sp³-hybridized carbons (Fsp3) is 0.500. The standard InChI is InChI=1S/C14H16F2N2/c1-14(10-17)5-7-18(8-6-14)9-11-3-2-4-12(15)13(11)16/h2-4H,5-9H2,1H3. The molecule has 0 spiro atoms. The van der Waals surface area contributed by atoms with E-state index < -0.39 is 11.6 Å². The molecular weight excluding hydrogens is 234 g/mol. The number of piperidine rings is 1. The van der Waals surface area contributed by atoms with Crippen LogP contribution in [-0.4, -0.2) is 18.0 Å². The molecule has 1 aromatic rings. The van der Waals surface area contributed by atoms with Crippen LogP contribution in [0.1, 0.15) is 25.3 Å². The van der Waals surface area contributed by atoms with Crippen molar-refractivity contribution in [1.29, 1.82) is 5.26 Å². The SMILES string of the molecule is CC1(C#N)CCN(Cc2cccc(F)c2F)CC1. The summed E-state index contributed by atoms with van der Waals surface area (Å²) in [6.07, 6.45) is 1.56. The van der Waals surface area contributed by atoms with Gasteiger partial charge in [0.1, 0.15) is 0 Å². The molecule has 0 bridgehead atoms. The van der Waals surface area contributed by atoms with Crippen molar-refractivity contribution in [2.75, 3.05) is 13.1 Å². The minimum atomic E-state index is -0.800. The van der Waals surface area contributed by atoms with Crippen LogP contribution in [0.25, 0.3) is 0 Å². The molecule has 0 unspecified atom stereocenters. The molecule has 1 aromatic carbocycles. The number of rotatable bonds is 2. The molecule has 2 nitrogen and oxygen atoms in total. The summed E-state index contributed by atoms with van der Waals surface area (Å²) in [6, 6.07) is 6.58. The minimum Gasteiger partial charge on any atom is -0.299 e. The summed E-state index contributed by atoms with van der Waals surface area (Å²) in [6.45, 7) is 3.86. The Labute approximate surface area is 106 Å². The molecule has 0 saturated carbocycles. The minimum absolute atomic E-state index is 0.267. The number of likely N-dealkylation sites (tertiary alicyclic amines) is 1. The molecular formula is C14H16F2N2. The molecule has 0 N–H and O–H groups in total. The third-order valence-corrected chi connectivity index (χ3v) is 3.66. The Morgan fingerprint density at radius 2 is 2.00 bits per heavy atom. The average Bonchev–Trinajstić information content (AvgIpc) is 2.38. The highest BCUT2D eigenvalue weighted by Crippen LogP contribution is 2.30. The highest BCUT2D eigenvalue weighted by Gasteiger charge is 2.30. The summed E-state index contributed by atoms with van der Waals surface area (Å²) in [5.74, 6) is -1.56. The fourth-order valence-electron chi connectivity index (χ4n) is 2.23. The zero-order valence-electron chi connectivity index (χ0n) is 10.4. The summed E-state index contributed by atoms with van der Waals surface area (Å²) < 4.78 is 26.6. The van der Waals surface area contributed by atoms with Gasteiger partial charge in [-0.3, -0.25) is 4.90 Å².